The zero-order valence-electron chi connectivity index (χ0n) is 14.0. The summed E-state index contributed by atoms with van der Waals surface area (Å²) < 4.78 is 4.87. The molecule has 1 saturated carbocycles. The van der Waals surface area contributed by atoms with Gasteiger partial charge in [0.1, 0.15) is 0 Å². The molecule has 3 nitrogen and oxygen atoms in total. The minimum absolute atomic E-state index is 0.269. The molecule has 0 saturated heterocycles. The molecular weight excluding hydrogens is 276 g/mol. The van der Waals surface area contributed by atoms with Crippen LogP contribution in [-0.4, -0.2) is 17.7 Å². The predicted molar refractivity (Wildman–Crippen MR) is 90.7 cm³/mol. The third kappa shape index (κ3) is 8.91. The van der Waals surface area contributed by atoms with Crippen molar-refractivity contribution in [3.05, 3.63) is 24.5 Å². The van der Waals surface area contributed by atoms with Crippen LogP contribution in [0.4, 0.5) is 0 Å². The number of aliphatic carboxylic acids is 1. The summed E-state index contributed by atoms with van der Waals surface area (Å²) in [7, 11) is 0. The highest BCUT2D eigenvalue weighted by Gasteiger charge is 2.24. The third-order valence-corrected chi connectivity index (χ3v) is 4.50. The monoisotopic (exact) mass is 308 g/mol. The molecule has 0 bridgehead atoms. The summed E-state index contributed by atoms with van der Waals surface area (Å²) in [5, 5.41) is 8.45. The van der Waals surface area contributed by atoms with Gasteiger partial charge >= 0.3 is 5.97 Å². The van der Waals surface area contributed by atoms with Crippen LogP contribution in [0, 0.1) is 11.8 Å². The number of unbranched alkanes of at least 4 members (excludes halogenated alkanes) is 5. The van der Waals surface area contributed by atoms with Gasteiger partial charge in [-0.2, -0.15) is 0 Å². The molecule has 0 heterocycles. The van der Waals surface area contributed by atoms with Gasteiger partial charge in [-0.05, 0) is 37.2 Å². The van der Waals surface area contributed by atoms with E-state index >= 15 is 0 Å². The second kappa shape index (κ2) is 12.3. The van der Waals surface area contributed by atoms with Crippen molar-refractivity contribution in [2.75, 3.05) is 6.61 Å². The average Bonchev–Trinajstić information content (AvgIpc) is 2.93. The van der Waals surface area contributed by atoms with Gasteiger partial charge in [-0.15, -0.1) is 0 Å². The SMILES string of the molecule is CCCCCCCC[C@H]1CCC[C@@H]1/C=C/C=C/OCC(=O)O. The van der Waals surface area contributed by atoms with Crippen LogP contribution in [0.3, 0.4) is 0 Å². The summed E-state index contributed by atoms with van der Waals surface area (Å²) in [6.45, 7) is 1.99. The molecule has 1 aliphatic rings. The normalized spacial score (nSPS) is 21.9. The molecule has 0 amide bonds. The van der Waals surface area contributed by atoms with Crippen molar-refractivity contribution < 1.29 is 14.6 Å². The van der Waals surface area contributed by atoms with Crippen molar-refractivity contribution in [2.45, 2.75) is 71.1 Å². The van der Waals surface area contributed by atoms with Crippen molar-refractivity contribution in [1.82, 2.24) is 0 Å². The van der Waals surface area contributed by atoms with Crippen molar-refractivity contribution >= 4 is 5.97 Å². The molecule has 1 rings (SSSR count). The number of carboxylic acids is 1. The van der Waals surface area contributed by atoms with E-state index in [9.17, 15) is 4.79 Å². The van der Waals surface area contributed by atoms with Crippen LogP contribution < -0.4 is 0 Å². The Kier molecular flexibility index (Phi) is 10.5. The fourth-order valence-electron chi connectivity index (χ4n) is 3.29. The maximum absolute atomic E-state index is 10.3. The van der Waals surface area contributed by atoms with E-state index in [0.717, 1.165) is 5.92 Å². The zero-order chi connectivity index (χ0) is 16.0. The van der Waals surface area contributed by atoms with Crippen LogP contribution in [-0.2, 0) is 9.53 Å². The maximum atomic E-state index is 10.3. The molecule has 0 aromatic heterocycles. The summed E-state index contributed by atoms with van der Waals surface area (Å²) in [5.41, 5.74) is 0. The molecule has 0 radical (unpaired) electrons. The highest BCUT2D eigenvalue weighted by molar-refractivity contribution is 5.68. The molecule has 1 fully saturated rings. The Labute approximate surface area is 135 Å². The first-order valence-electron chi connectivity index (χ1n) is 8.90. The van der Waals surface area contributed by atoms with E-state index in [1.807, 2.05) is 6.08 Å². The standard InChI is InChI=1S/C19H32O3/c1-2-3-4-5-6-7-11-17-13-10-14-18(17)12-8-9-15-22-16-19(20)21/h8-9,12,15,17-18H,2-7,10-11,13-14,16H2,1H3,(H,20,21)/b12-8+,15-9+/t17-,18-/m0/s1. The smallest absolute Gasteiger partial charge is 0.341 e. The molecule has 0 spiro atoms. The summed E-state index contributed by atoms with van der Waals surface area (Å²) >= 11 is 0. The van der Waals surface area contributed by atoms with Gasteiger partial charge in [0.05, 0.1) is 6.26 Å². The van der Waals surface area contributed by atoms with Crippen molar-refractivity contribution in [3.63, 3.8) is 0 Å². The molecule has 0 aromatic rings. The average molecular weight is 308 g/mol. The number of carbonyl (C=O) groups is 1. The van der Waals surface area contributed by atoms with Crippen LogP contribution in [0.5, 0.6) is 0 Å². The number of hydrogen-bond acceptors (Lipinski definition) is 2. The number of rotatable bonds is 12. The van der Waals surface area contributed by atoms with Crippen molar-refractivity contribution in [3.8, 4) is 0 Å². The molecule has 0 unspecified atom stereocenters. The van der Waals surface area contributed by atoms with E-state index in [1.54, 1.807) is 6.08 Å². The number of allylic oxidation sites excluding steroid dienone is 3. The first-order valence-corrected chi connectivity index (χ1v) is 8.90. The van der Waals surface area contributed by atoms with E-state index in [4.69, 9.17) is 9.84 Å². The lowest BCUT2D eigenvalue weighted by atomic mass is 9.90. The van der Waals surface area contributed by atoms with Gasteiger partial charge < -0.3 is 9.84 Å². The molecule has 1 aliphatic carbocycles. The highest BCUT2D eigenvalue weighted by Crippen LogP contribution is 2.36. The molecule has 126 valence electrons. The Balaban J connectivity index is 2.15. The van der Waals surface area contributed by atoms with Gasteiger partial charge in [0.2, 0.25) is 0 Å². The molecule has 0 aliphatic heterocycles. The lowest BCUT2D eigenvalue weighted by Gasteiger charge is -2.15. The largest absolute Gasteiger partial charge is 0.490 e. The number of carboxylic acid groups (broad SMARTS) is 1. The second-order valence-electron chi connectivity index (χ2n) is 6.33. The summed E-state index contributed by atoms with van der Waals surface area (Å²) in [6.07, 6.45) is 21.1. The molecular formula is C19H32O3. The Hall–Kier alpha value is -1.25. The first kappa shape index (κ1) is 18.8. The van der Waals surface area contributed by atoms with Gasteiger partial charge in [-0.25, -0.2) is 4.79 Å². The summed E-state index contributed by atoms with van der Waals surface area (Å²) in [4.78, 5) is 10.3. The van der Waals surface area contributed by atoms with Crippen LogP contribution in [0.15, 0.2) is 24.5 Å². The predicted octanol–water partition coefficient (Wildman–Crippen LogP) is 5.32. The fraction of sp³-hybridized carbons (Fsp3) is 0.737. The summed E-state index contributed by atoms with van der Waals surface area (Å²) in [5.74, 6) is 0.596. The Morgan fingerprint density at radius 3 is 2.68 bits per heavy atom. The van der Waals surface area contributed by atoms with E-state index in [0.29, 0.717) is 5.92 Å². The second-order valence-corrected chi connectivity index (χ2v) is 6.33. The molecule has 2 atom stereocenters. The molecule has 0 aromatic carbocycles. The number of ether oxygens (including phenoxy) is 1. The lowest BCUT2D eigenvalue weighted by Crippen LogP contribution is -2.05. The zero-order valence-corrected chi connectivity index (χ0v) is 14.0. The van der Waals surface area contributed by atoms with Gasteiger partial charge in [0.15, 0.2) is 6.61 Å². The molecule has 3 heteroatoms. The quantitative estimate of drug-likeness (QED) is 0.301. The lowest BCUT2D eigenvalue weighted by molar-refractivity contribution is -0.140. The number of hydrogen-bond donors (Lipinski definition) is 1. The highest BCUT2D eigenvalue weighted by atomic mass is 16.5. The first-order chi connectivity index (χ1) is 10.7. The van der Waals surface area contributed by atoms with E-state index in [2.05, 4.69) is 13.0 Å². The van der Waals surface area contributed by atoms with Crippen molar-refractivity contribution in [2.24, 2.45) is 11.8 Å². The Morgan fingerprint density at radius 2 is 1.91 bits per heavy atom. The van der Waals surface area contributed by atoms with Crippen LogP contribution in [0.2, 0.25) is 0 Å². The van der Waals surface area contributed by atoms with E-state index < -0.39 is 5.97 Å². The van der Waals surface area contributed by atoms with Crippen molar-refractivity contribution in [1.29, 1.82) is 0 Å². The minimum atomic E-state index is -0.941. The molecule has 1 N–H and O–H groups in total. The van der Waals surface area contributed by atoms with E-state index in [1.165, 1.54) is 70.5 Å². The Bertz CT molecular complexity index is 347. The van der Waals surface area contributed by atoms with Crippen LogP contribution >= 0.6 is 0 Å². The molecule has 22 heavy (non-hydrogen) atoms. The topological polar surface area (TPSA) is 46.5 Å². The van der Waals surface area contributed by atoms with Crippen LogP contribution in [0.1, 0.15) is 71.1 Å². The van der Waals surface area contributed by atoms with Gasteiger partial charge in [-0.3, -0.25) is 0 Å². The Morgan fingerprint density at radius 1 is 1.14 bits per heavy atom. The minimum Gasteiger partial charge on any atom is -0.490 e. The third-order valence-electron chi connectivity index (χ3n) is 4.50. The van der Waals surface area contributed by atoms with Gasteiger partial charge in [-0.1, -0.05) is 64.0 Å². The van der Waals surface area contributed by atoms with Gasteiger partial charge in [0.25, 0.3) is 0 Å². The van der Waals surface area contributed by atoms with Crippen LogP contribution in [0.25, 0.3) is 0 Å². The summed E-state index contributed by atoms with van der Waals surface area (Å²) in [6, 6.07) is 0. The maximum Gasteiger partial charge on any atom is 0.341 e. The van der Waals surface area contributed by atoms with Gasteiger partial charge in [0, 0.05) is 0 Å². The fourth-order valence-corrected chi connectivity index (χ4v) is 3.29. The van der Waals surface area contributed by atoms with E-state index in [-0.39, 0.29) is 6.61 Å².